The molecule has 0 radical (unpaired) electrons. The van der Waals surface area contributed by atoms with Gasteiger partial charge in [-0.15, -0.1) is 0 Å². The summed E-state index contributed by atoms with van der Waals surface area (Å²) < 4.78 is 6.33. The molecule has 0 saturated carbocycles. The predicted molar refractivity (Wildman–Crippen MR) is 79.8 cm³/mol. The summed E-state index contributed by atoms with van der Waals surface area (Å²) in [4.78, 5) is 0. The average Bonchev–Trinajstić information content (AvgIpc) is 2.27. The van der Waals surface area contributed by atoms with Crippen molar-refractivity contribution in [3.8, 4) is 0 Å². The Morgan fingerprint density at radius 2 is 2.00 bits per heavy atom. The highest BCUT2D eigenvalue weighted by molar-refractivity contribution is 6.74. The normalized spacial score (nSPS) is 24.5. The zero-order valence-corrected chi connectivity index (χ0v) is 13.6. The van der Waals surface area contributed by atoms with Crippen LogP contribution in [0.4, 0.5) is 0 Å². The zero-order valence-electron chi connectivity index (χ0n) is 12.6. The second kappa shape index (κ2) is 5.73. The van der Waals surface area contributed by atoms with Crippen LogP contribution >= 0.6 is 0 Å². The van der Waals surface area contributed by atoms with Gasteiger partial charge in [0.1, 0.15) is 0 Å². The predicted octanol–water partition coefficient (Wildman–Crippen LogP) is 1.76. The fourth-order valence-electron chi connectivity index (χ4n) is 1.72. The van der Waals surface area contributed by atoms with E-state index in [0.29, 0.717) is 0 Å². The van der Waals surface area contributed by atoms with Gasteiger partial charge in [0.15, 0.2) is 8.32 Å². The highest BCUT2D eigenvalue weighted by Gasteiger charge is 2.40. The molecule has 0 aliphatic carbocycles. The van der Waals surface area contributed by atoms with Gasteiger partial charge >= 0.3 is 0 Å². The third kappa shape index (κ3) is 3.81. The van der Waals surface area contributed by atoms with Crippen LogP contribution in [-0.2, 0) is 4.43 Å². The largest absolute Gasteiger partial charge is 0.413 e. The Morgan fingerprint density at radius 3 is 2.44 bits per heavy atom. The van der Waals surface area contributed by atoms with E-state index in [1.807, 2.05) is 12.3 Å². The molecule has 106 valence electrons. The molecule has 0 aromatic heterocycles. The summed E-state index contributed by atoms with van der Waals surface area (Å²) in [6, 6.07) is -0.0518. The molecule has 4 N–H and O–H groups in total. The van der Waals surface area contributed by atoms with Crippen molar-refractivity contribution in [2.75, 3.05) is 6.54 Å². The van der Waals surface area contributed by atoms with Crippen LogP contribution in [0.25, 0.3) is 0 Å². The van der Waals surface area contributed by atoms with Crippen molar-refractivity contribution < 1.29 is 4.43 Å². The van der Waals surface area contributed by atoms with E-state index in [9.17, 15) is 0 Å². The van der Waals surface area contributed by atoms with Crippen LogP contribution in [0.5, 0.6) is 0 Å². The van der Waals surface area contributed by atoms with E-state index in [2.05, 4.69) is 51.4 Å². The van der Waals surface area contributed by atoms with Gasteiger partial charge in [0, 0.05) is 6.54 Å². The first-order valence-electron chi connectivity index (χ1n) is 6.73. The van der Waals surface area contributed by atoms with E-state index >= 15 is 0 Å². The standard InChI is InChI=1S/C13H29N3OSi/c1-10(17-18(5,6)13(2,3)4)11(14)12-15-8-7-9-16-12/h7-8,10-12,15-16H,9,14H2,1-6H3. The number of rotatable bonds is 4. The summed E-state index contributed by atoms with van der Waals surface area (Å²) in [5.74, 6) is 0. The fourth-order valence-corrected chi connectivity index (χ4v) is 3.16. The molecule has 0 spiro atoms. The monoisotopic (exact) mass is 271 g/mol. The SMILES string of the molecule is CC(O[Si](C)(C)C(C)(C)C)C(N)C1NC=CCN1. The maximum Gasteiger partial charge on any atom is 0.192 e. The Bertz CT molecular complexity index is 299. The molecule has 1 aliphatic rings. The zero-order chi connectivity index (χ0) is 14.0. The van der Waals surface area contributed by atoms with Gasteiger partial charge in [0.25, 0.3) is 0 Å². The van der Waals surface area contributed by atoms with E-state index in [1.165, 1.54) is 0 Å². The minimum atomic E-state index is -1.75. The minimum Gasteiger partial charge on any atom is -0.413 e. The van der Waals surface area contributed by atoms with Crippen LogP contribution in [0, 0.1) is 0 Å². The van der Waals surface area contributed by atoms with Gasteiger partial charge in [-0.3, -0.25) is 5.32 Å². The third-order valence-electron chi connectivity index (χ3n) is 4.06. The van der Waals surface area contributed by atoms with Crippen molar-refractivity contribution in [3.63, 3.8) is 0 Å². The lowest BCUT2D eigenvalue weighted by atomic mass is 10.1. The average molecular weight is 271 g/mol. The molecule has 0 aromatic rings. The second-order valence-electron chi connectivity index (χ2n) is 6.62. The lowest BCUT2D eigenvalue weighted by Crippen LogP contribution is -2.60. The number of hydrogen-bond donors (Lipinski definition) is 3. The molecule has 18 heavy (non-hydrogen) atoms. The van der Waals surface area contributed by atoms with Crippen molar-refractivity contribution >= 4 is 8.32 Å². The lowest BCUT2D eigenvalue weighted by molar-refractivity contribution is 0.144. The highest BCUT2D eigenvalue weighted by atomic mass is 28.4. The molecule has 0 aromatic carbocycles. The van der Waals surface area contributed by atoms with Crippen molar-refractivity contribution in [1.29, 1.82) is 0 Å². The minimum absolute atomic E-state index is 0.0439. The van der Waals surface area contributed by atoms with Crippen molar-refractivity contribution in [1.82, 2.24) is 10.6 Å². The smallest absolute Gasteiger partial charge is 0.192 e. The molecule has 4 nitrogen and oxygen atoms in total. The molecule has 0 bridgehead atoms. The van der Waals surface area contributed by atoms with Crippen LogP contribution in [0.2, 0.25) is 18.1 Å². The quantitative estimate of drug-likeness (QED) is 0.682. The number of nitrogens with one attached hydrogen (secondary N) is 2. The Labute approximate surface area is 112 Å². The van der Waals surface area contributed by atoms with Crippen LogP contribution in [-0.4, -0.2) is 33.2 Å². The van der Waals surface area contributed by atoms with Gasteiger partial charge < -0.3 is 15.5 Å². The van der Waals surface area contributed by atoms with Gasteiger partial charge in [-0.05, 0) is 31.3 Å². The van der Waals surface area contributed by atoms with Crippen LogP contribution in [0.15, 0.2) is 12.3 Å². The van der Waals surface area contributed by atoms with Crippen molar-refractivity contribution in [2.45, 2.75) is 64.1 Å². The molecule has 3 unspecified atom stereocenters. The van der Waals surface area contributed by atoms with Gasteiger partial charge in [-0.25, -0.2) is 0 Å². The summed E-state index contributed by atoms with van der Waals surface area (Å²) in [5, 5.41) is 6.80. The Hall–Kier alpha value is -0.363. The molecule has 3 atom stereocenters. The van der Waals surface area contributed by atoms with Crippen molar-refractivity contribution in [3.05, 3.63) is 12.3 Å². The molecule has 1 aliphatic heterocycles. The maximum atomic E-state index is 6.33. The summed E-state index contributed by atoms with van der Waals surface area (Å²) in [5.41, 5.74) is 6.28. The van der Waals surface area contributed by atoms with E-state index in [1.54, 1.807) is 0 Å². The van der Waals surface area contributed by atoms with Crippen LogP contribution < -0.4 is 16.4 Å². The molecule has 0 saturated heterocycles. The Morgan fingerprint density at radius 1 is 1.39 bits per heavy atom. The topological polar surface area (TPSA) is 59.3 Å². The molecular weight excluding hydrogens is 242 g/mol. The second-order valence-corrected chi connectivity index (χ2v) is 11.4. The summed E-state index contributed by atoms with van der Waals surface area (Å²) in [6.07, 6.45) is 4.14. The van der Waals surface area contributed by atoms with Crippen LogP contribution in [0.3, 0.4) is 0 Å². The van der Waals surface area contributed by atoms with Gasteiger partial charge in [0.2, 0.25) is 0 Å². The van der Waals surface area contributed by atoms with E-state index in [-0.39, 0.29) is 23.3 Å². The summed E-state index contributed by atoms with van der Waals surface area (Å²) >= 11 is 0. The summed E-state index contributed by atoms with van der Waals surface area (Å²) in [6.45, 7) is 14.2. The number of nitrogens with two attached hydrogens (primary N) is 1. The first-order valence-corrected chi connectivity index (χ1v) is 9.64. The lowest BCUT2D eigenvalue weighted by Gasteiger charge is -2.41. The molecular formula is C13H29N3OSi. The summed E-state index contributed by atoms with van der Waals surface area (Å²) in [7, 11) is -1.75. The van der Waals surface area contributed by atoms with Gasteiger partial charge in [-0.2, -0.15) is 0 Å². The Kier molecular flexibility index (Phi) is 5.00. The molecule has 0 amide bonds. The Balaban J connectivity index is 2.59. The molecule has 1 heterocycles. The van der Waals surface area contributed by atoms with E-state index < -0.39 is 8.32 Å². The maximum absolute atomic E-state index is 6.33. The third-order valence-corrected chi connectivity index (χ3v) is 8.64. The highest BCUT2D eigenvalue weighted by Crippen LogP contribution is 2.37. The first-order chi connectivity index (χ1) is 8.15. The number of hydrogen-bond acceptors (Lipinski definition) is 4. The molecule has 5 heteroatoms. The van der Waals surface area contributed by atoms with E-state index in [0.717, 1.165) is 6.54 Å². The fraction of sp³-hybridized carbons (Fsp3) is 0.846. The van der Waals surface area contributed by atoms with Gasteiger partial charge in [0.05, 0.1) is 18.3 Å². The first kappa shape index (κ1) is 15.7. The van der Waals surface area contributed by atoms with Crippen LogP contribution in [0.1, 0.15) is 27.7 Å². The molecule has 0 fully saturated rings. The van der Waals surface area contributed by atoms with Gasteiger partial charge in [-0.1, -0.05) is 26.8 Å². The van der Waals surface area contributed by atoms with E-state index in [4.69, 9.17) is 10.2 Å². The molecule has 1 rings (SSSR count). The van der Waals surface area contributed by atoms with Crippen molar-refractivity contribution in [2.24, 2.45) is 5.73 Å².